The summed E-state index contributed by atoms with van der Waals surface area (Å²) >= 11 is 0. The lowest BCUT2D eigenvalue weighted by molar-refractivity contribution is 0.547. The maximum Gasteiger partial charge on any atom is 0.0741 e. The van der Waals surface area contributed by atoms with Crippen LogP contribution in [0.5, 0.6) is 0 Å². The molecule has 0 saturated heterocycles. The number of nitrogens with one attached hydrogen (secondary N) is 2. The first-order chi connectivity index (χ1) is 5.62. The zero-order chi connectivity index (χ0) is 9.45. The Kier molecular flexibility index (Phi) is 5.21. The third-order valence-corrected chi connectivity index (χ3v) is 1.47. The molecule has 0 rings (SSSR count). The van der Waals surface area contributed by atoms with Crippen molar-refractivity contribution >= 4 is 0 Å². The second kappa shape index (κ2) is 5.66. The summed E-state index contributed by atoms with van der Waals surface area (Å²) in [6.45, 7) is 5.28. The first-order valence-corrected chi connectivity index (χ1v) is 3.95. The Morgan fingerprint density at radius 2 is 2.00 bits per heavy atom. The first-order valence-electron chi connectivity index (χ1n) is 3.95. The lowest BCUT2D eigenvalue weighted by atomic mass is 10.1. The second-order valence-electron chi connectivity index (χ2n) is 2.98. The van der Waals surface area contributed by atoms with Gasteiger partial charge >= 0.3 is 0 Å². The highest BCUT2D eigenvalue weighted by molar-refractivity contribution is 5.14. The molecular weight excluding hydrogens is 148 g/mol. The van der Waals surface area contributed by atoms with Gasteiger partial charge in [0.2, 0.25) is 0 Å². The van der Waals surface area contributed by atoms with E-state index in [1.165, 1.54) is 0 Å². The second-order valence-corrected chi connectivity index (χ2v) is 2.98. The smallest absolute Gasteiger partial charge is 0.0741 e. The summed E-state index contributed by atoms with van der Waals surface area (Å²) in [5.41, 5.74) is -0.113. The Balaban J connectivity index is 3.67. The van der Waals surface area contributed by atoms with E-state index in [9.17, 15) is 0 Å². The van der Waals surface area contributed by atoms with Gasteiger partial charge in [-0.1, -0.05) is 17.8 Å². The zero-order valence-corrected chi connectivity index (χ0v) is 7.99. The molecular formula is C10H16N2. The maximum atomic E-state index is 5.05. The van der Waals surface area contributed by atoms with Gasteiger partial charge in [-0.15, -0.1) is 6.42 Å². The summed E-state index contributed by atoms with van der Waals surface area (Å²) in [6.07, 6.45) is 5.05. The van der Waals surface area contributed by atoms with Crippen molar-refractivity contribution < 1.29 is 0 Å². The summed E-state index contributed by atoms with van der Waals surface area (Å²) in [4.78, 5) is 0. The fourth-order valence-corrected chi connectivity index (χ4v) is 0.525. The normalized spacial score (nSPS) is 9.83. The number of hydrogen-bond acceptors (Lipinski definition) is 2. The minimum atomic E-state index is -0.113. The minimum Gasteiger partial charge on any atom is -0.305 e. The molecule has 0 aliphatic heterocycles. The SMILES string of the molecule is C#CCNCC#CC(C)(C)NC. The average Bonchev–Trinajstić information content (AvgIpc) is 2.04. The highest BCUT2D eigenvalue weighted by Gasteiger charge is 2.07. The van der Waals surface area contributed by atoms with Crippen LogP contribution in [0.3, 0.4) is 0 Å². The van der Waals surface area contributed by atoms with Crippen molar-refractivity contribution in [2.24, 2.45) is 0 Å². The number of hydrogen-bond donors (Lipinski definition) is 2. The summed E-state index contributed by atoms with van der Waals surface area (Å²) in [6, 6.07) is 0. The van der Waals surface area contributed by atoms with Gasteiger partial charge in [-0.3, -0.25) is 5.32 Å². The topological polar surface area (TPSA) is 24.1 Å². The molecule has 12 heavy (non-hydrogen) atoms. The molecule has 0 saturated carbocycles. The Hall–Kier alpha value is -0.960. The molecule has 2 heteroatoms. The van der Waals surface area contributed by atoms with Crippen LogP contribution >= 0.6 is 0 Å². The molecule has 2 N–H and O–H groups in total. The molecule has 0 atom stereocenters. The van der Waals surface area contributed by atoms with Crippen LogP contribution in [0.25, 0.3) is 0 Å². The quantitative estimate of drug-likeness (QED) is 0.460. The summed E-state index contributed by atoms with van der Waals surface area (Å²) in [5.74, 6) is 8.55. The number of terminal acetylenes is 1. The van der Waals surface area contributed by atoms with E-state index in [0.29, 0.717) is 13.1 Å². The lowest BCUT2D eigenvalue weighted by Gasteiger charge is -2.15. The molecule has 66 valence electrons. The van der Waals surface area contributed by atoms with Crippen molar-refractivity contribution in [3.63, 3.8) is 0 Å². The molecule has 0 fully saturated rings. The van der Waals surface area contributed by atoms with Gasteiger partial charge in [0, 0.05) is 0 Å². The van der Waals surface area contributed by atoms with Crippen LogP contribution < -0.4 is 10.6 Å². The lowest BCUT2D eigenvalue weighted by Crippen LogP contribution is -2.34. The highest BCUT2D eigenvalue weighted by Crippen LogP contribution is 1.95. The van der Waals surface area contributed by atoms with E-state index in [0.717, 1.165) is 0 Å². The van der Waals surface area contributed by atoms with E-state index in [1.54, 1.807) is 0 Å². The summed E-state index contributed by atoms with van der Waals surface area (Å²) in [5, 5.41) is 6.08. The van der Waals surface area contributed by atoms with Gasteiger partial charge < -0.3 is 5.32 Å². The van der Waals surface area contributed by atoms with E-state index < -0.39 is 0 Å². The van der Waals surface area contributed by atoms with Crippen LogP contribution in [-0.4, -0.2) is 25.7 Å². The van der Waals surface area contributed by atoms with Crippen LogP contribution in [0.4, 0.5) is 0 Å². The fourth-order valence-electron chi connectivity index (χ4n) is 0.525. The Morgan fingerprint density at radius 1 is 1.33 bits per heavy atom. The van der Waals surface area contributed by atoms with E-state index in [1.807, 2.05) is 20.9 Å². The van der Waals surface area contributed by atoms with Gasteiger partial charge in [0.25, 0.3) is 0 Å². The standard InChI is InChI=1S/C10H16N2/c1-5-8-12-9-6-7-10(2,3)11-4/h1,11-12H,8-9H2,2-4H3. The van der Waals surface area contributed by atoms with Crippen molar-refractivity contribution in [2.75, 3.05) is 20.1 Å². The van der Waals surface area contributed by atoms with Crippen molar-refractivity contribution in [1.82, 2.24) is 10.6 Å². The van der Waals surface area contributed by atoms with Gasteiger partial charge in [0.05, 0.1) is 18.6 Å². The fraction of sp³-hybridized carbons (Fsp3) is 0.600. The molecule has 2 nitrogen and oxygen atoms in total. The third kappa shape index (κ3) is 5.80. The summed E-state index contributed by atoms with van der Waals surface area (Å²) < 4.78 is 0. The Bertz CT molecular complexity index is 212. The predicted molar refractivity (Wildman–Crippen MR) is 52.6 cm³/mol. The van der Waals surface area contributed by atoms with E-state index in [-0.39, 0.29) is 5.54 Å². The molecule has 0 bridgehead atoms. The van der Waals surface area contributed by atoms with Crippen molar-refractivity contribution in [3.8, 4) is 24.2 Å². The van der Waals surface area contributed by atoms with Gasteiger partial charge in [-0.05, 0) is 20.9 Å². The van der Waals surface area contributed by atoms with Crippen molar-refractivity contribution in [2.45, 2.75) is 19.4 Å². The number of rotatable bonds is 3. The van der Waals surface area contributed by atoms with Gasteiger partial charge in [-0.25, -0.2) is 0 Å². The van der Waals surface area contributed by atoms with Crippen LogP contribution in [0.1, 0.15) is 13.8 Å². The maximum absolute atomic E-state index is 5.05. The average molecular weight is 164 g/mol. The molecule has 0 aliphatic rings. The van der Waals surface area contributed by atoms with Crippen molar-refractivity contribution in [1.29, 1.82) is 0 Å². The van der Waals surface area contributed by atoms with E-state index >= 15 is 0 Å². The highest BCUT2D eigenvalue weighted by atomic mass is 14.9. The molecule has 0 amide bonds. The molecule has 0 aliphatic carbocycles. The van der Waals surface area contributed by atoms with E-state index in [4.69, 9.17) is 6.42 Å². The Labute approximate surface area is 75.1 Å². The van der Waals surface area contributed by atoms with Crippen LogP contribution in [-0.2, 0) is 0 Å². The van der Waals surface area contributed by atoms with Crippen molar-refractivity contribution in [3.05, 3.63) is 0 Å². The molecule has 0 radical (unpaired) electrons. The third-order valence-electron chi connectivity index (χ3n) is 1.47. The van der Waals surface area contributed by atoms with Crippen LogP contribution in [0, 0.1) is 24.2 Å². The molecule has 0 unspecified atom stereocenters. The van der Waals surface area contributed by atoms with E-state index in [2.05, 4.69) is 28.4 Å². The molecule has 0 aromatic carbocycles. The summed E-state index contributed by atoms with van der Waals surface area (Å²) in [7, 11) is 1.89. The minimum absolute atomic E-state index is 0.113. The van der Waals surface area contributed by atoms with Gasteiger partial charge in [0.15, 0.2) is 0 Å². The van der Waals surface area contributed by atoms with Gasteiger partial charge in [-0.2, -0.15) is 0 Å². The largest absolute Gasteiger partial charge is 0.305 e. The molecule has 0 spiro atoms. The monoisotopic (exact) mass is 164 g/mol. The Morgan fingerprint density at radius 3 is 2.50 bits per heavy atom. The predicted octanol–water partition coefficient (Wildman–Crippen LogP) is 0.211. The molecule has 0 heterocycles. The first kappa shape index (κ1) is 11.0. The molecule has 0 aromatic rings. The molecule has 0 aromatic heterocycles. The van der Waals surface area contributed by atoms with Gasteiger partial charge in [0.1, 0.15) is 0 Å². The zero-order valence-electron chi connectivity index (χ0n) is 7.99. The van der Waals surface area contributed by atoms with Crippen LogP contribution in [0.15, 0.2) is 0 Å². The van der Waals surface area contributed by atoms with Crippen LogP contribution in [0.2, 0.25) is 0 Å².